The molecule has 0 bridgehead atoms. The van der Waals surface area contributed by atoms with Gasteiger partial charge in [-0.05, 0) is 55.3 Å². The lowest BCUT2D eigenvalue weighted by molar-refractivity contribution is 0.174. The summed E-state index contributed by atoms with van der Waals surface area (Å²) in [6.07, 6.45) is 2.79. The molecule has 1 aliphatic rings. The molecule has 1 N–H and O–H groups in total. The fourth-order valence-corrected chi connectivity index (χ4v) is 4.80. The van der Waals surface area contributed by atoms with Crippen molar-refractivity contribution in [3.05, 3.63) is 95.4 Å². The molecule has 1 atom stereocenters. The molecule has 8 nitrogen and oxygen atoms in total. The first-order valence-corrected chi connectivity index (χ1v) is 12.1. The lowest BCUT2D eigenvalue weighted by atomic mass is 10.0. The van der Waals surface area contributed by atoms with Crippen molar-refractivity contribution >= 4 is 6.03 Å². The number of nitrogens with one attached hydrogen (secondary N) is 1. The van der Waals surface area contributed by atoms with Gasteiger partial charge in [0.1, 0.15) is 11.6 Å². The van der Waals surface area contributed by atoms with Crippen LogP contribution in [0.2, 0.25) is 0 Å². The first-order chi connectivity index (χ1) is 17.6. The van der Waals surface area contributed by atoms with Crippen LogP contribution in [0.15, 0.2) is 72.9 Å². The molecule has 1 unspecified atom stereocenters. The van der Waals surface area contributed by atoms with Crippen LogP contribution >= 0.6 is 0 Å². The number of benzene rings is 2. The van der Waals surface area contributed by atoms with Crippen LogP contribution in [0.4, 0.5) is 4.79 Å². The number of fused-ring (bicyclic) bond motifs is 3. The molecule has 2 amide bonds. The Kier molecular flexibility index (Phi) is 6.77. The second kappa shape index (κ2) is 10.3. The molecule has 36 heavy (non-hydrogen) atoms. The third kappa shape index (κ3) is 4.35. The molecule has 5 rings (SSSR count). The first kappa shape index (κ1) is 23.7. The number of ether oxygens (including phenoxy) is 2. The maximum absolute atomic E-state index is 13.7. The molecule has 8 heteroatoms. The van der Waals surface area contributed by atoms with E-state index in [1.54, 1.807) is 14.2 Å². The van der Waals surface area contributed by atoms with Crippen LogP contribution in [0, 0.1) is 6.92 Å². The third-order valence-corrected chi connectivity index (χ3v) is 6.58. The van der Waals surface area contributed by atoms with Crippen molar-refractivity contribution in [3.63, 3.8) is 0 Å². The third-order valence-electron chi connectivity index (χ3n) is 6.58. The number of carbonyl (C=O) groups is 1. The molecular formula is C28H31N5O3. The molecule has 1 aliphatic heterocycles. The van der Waals surface area contributed by atoms with E-state index in [-0.39, 0.29) is 12.1 Å². The molecule has 0 saturated carbocycles. The molecule has 2 aromatic heterocycles. The Morgan fingerprint density at radius 2 is 1.83 bits per heavy atom. The second-order valence-electron chi connectivity index (χ2n) is 8.82. The molecule has 3 heterocycles. The average Bonchev–Trinajstić information content (AvgIpc) is 3.47. The SMILES string of the molecule is COCCCNC(=O)N1Cc2c(C)nn(-c3ccccc3)c2-n2cccc2C1c1ccc(OC)cc1. The fraction of sp³-hybridized carbons (Fsp3) is 0.286. The largest absolute Gasteiger partial charge is 0.497 e. The zero-order valence-electron chi connectivity index (χ0n) is 20.8. The molecule has 0 radical (unpaired) electrons. The van der Waals surface area contributed by atoms with Gasteiger partial charge in [-0.2, -0.15) is 5.10 Å². The number of hydrogen-bond donors (Lipinski definition) is 1. The molecule has 2 aromatic carbocycles. The van der Waals surface area contributed by atoms with Crippen LogP contribution in [0.1, 0.15) is 35.0 Å². The maximum Gasteiger partial charge on any atom is 0.318 e. The van der Waals surface area contributed by atoms with Crippen molar-refractivity contribution < 1.29 is 14.3 Å². The minimum absolute atomic E-state index is 0.126. The van der Waals surface area contributed by atoms with E-state index < -0.39 is 0 Å². The van der Waals surface area contributed by atoms with E-state index in [0.717, 1.165) is 46.2 Å². The number of carbonyl (C=O) groups excluding carboxylic acids is 1. The minimum Gasteiger partial charge on any atom is -0.497 e. The number of rotatable bonds is 7. The number of aromatic nitrogens is 3. The highest BCUT2D eigenvalue weighted by atomic mass is 16.5. The molecular weight excluding hydrogens is 454 g/mol. The Labute approximate surface area is 211 Å². The van der Waals surface area contributed by atoms with Crippen LogP contribution in [0.3, 0.4) is 0 Å². The summed E-state index contributed by atoms with van der Waals surface area (Å²) >= 11 is 0. The second-order valence-corrected chi connectivity index (χ2v) is 8.82. The summed E-state index contributed by atoms with van der Waals surface area (Å²) < 4.78 is 14.7. The summed E-state index contributed by atoms with van der Waals surface area (Å²) in [5.74, 6) is 1.73. The molecule has 0 spiro atoms. The first-order valence-electron chi connectivity index (χ1n) is 12.1. The lowest BCUT2D eigenvalue weighted by Gasteiger charge is -2.31. The predicted octanol–water partition coefficient (Wildman–Crippen LogP) is 4.63. The van der Waals surface area contributed by atoms with Crippen molar-refractivity contribution in [3.8, 4) is 17.3 Å². The summed E-state index contributed by atoms with van der Waals surface area (Å²) in [5.41, 5.74) is 4.87. The number of aryl methyl sites for hydroxylation is 1. The van der Waals surface area contributed by atoms with Gasteiger partial charge in [0.25, 0.3) is 0 Å². The summed E-state index contributed by atoms with van der Waals surface area (Å²) in [4.78, 5) is 15.6. The quantitative estimate of drug-likeness (QED) is 0.388. The van der Waals surface area contributed by atoms with Crippen molar-refractivity contribution in [1.29, 1.82) is 0 Å². The zero-order valence-corrected chi connectivity index (χ0v) is 20.8. The Bertz CT molecular complexity index is 1330. The Morgan fingerprint density at radius 3 is 2.56 bits per heavy atom. The van der Waals surface area contributed by atoms with Gasteiger partial charge in [-0.1, -0.05) is 30.3 Å². The van der Waals surface area contributed by atoms with Gasteiger partial charge in [0.15, 0.2) is 0 Å². The molecule has 4 aromatic rings. The van der Waals surface area contributed by atoms with Gasteiger partial charge in [0.05, 0.1) is 36.8 Å². The number of urea groups is 1. The van der Waals surface area contributed by atoms with Crippen LogP contribution < -0.4 is 10.1 Å². The van der Waals surface area contributed by atoms with Gasteiger partial charge in [-0.15, -0.1) is 0 Å². The highest BCUT2D eigenvalue weighted by Crippen LogP contribution is 2.38. The van der Waals surface area contributed by atoms with E-state index in [1.807, 2.05) is 83.4 Å². The summed E-state index contributed by atoms with van der Waals surface area (Å²) in [6, 6.07) is 21.7. The molecule has 186 valence electrons. The number of nitrogens with zero attached hydrogens (tertiary/aromatic N) is 4. The van der Waals surface area contributed by atoms with Crippen LogP contribution in [0.25, 0.3) is 11.5 Å². The van der Waals surface area contributed by atoms with Crippen molar-refractivity contribution in [2.45, 2.75) is 25.9 Å². The van der Waals surface area contributed by atoms with Crippen molar-refractivity contribution in [2.75, 3.05) is 27.4 Å². The van der Waals surface area contributed by atoms with Gasteiger partial charge >= 0.3 is 6.03 Å². The normalized spacial score (nSPS) is 14.6. The highest BCUT2D eigenvalue weighted by Gasteiger charge is 2.35. The van der Waals surface area contributed by atoms with Crippen molar-refractivity contribution in [2.24, 2.45) is 0 Å². The smallest absolute Gasteiger partial charge is 0.318 e. The van der Waals surface area contributed by atoms with Crippen LogP contribution in [0.5, 0.6) is 5.75 Å². The van der Waals surface area contributed by atoms with Crippen molar-refractivity contribution in [1.82, 2.24) is 24.6 Å². The standard InChI is InChI=1S/C28H31N5O3/c1-20-24-19-32(28(34)29-16-8-18-35-2)26(21-12-14-23(36-3)15-13-21)25-11-7-17-31(25)27(24)33(30-20)22-9-5-4-6-10-22/h4-7,9-15,17,26H,8,16,18-19H2,1-3H3,(H,29,34). The van der Waals surface area contributed by atoms with Gasteiger partial charge in [-0.25, -0.2) is 9.48 Å². The Balaban J connectivity index is 1.64. The van der Waals surface area contributed by atoms with Gasteiger partial charge < -0.3 is 24.3 Å². The van der Waals surface area contributed by atoms with Crippen LogP contribution in [-0.4, -0.2) is 52.6 Å². The molecule has 0 aliphatic carbocycles. The number of hydrogen-bond acceptors (Lipinski definition) is 4. The minimum atomic E-state index is -0.302. The number of amides is 2. The Morgan fingerprint density at radius 1 is 1.06 bits per heavy atom. The highest BCUT2D eigenvalue weighted by molar-refractivity contribution is 5.76. The number of methoxy groups -OCH3 is 2. The zero-order chi connectivity index (χ0) is 25.1. The average molecular weight is 486 g/mol. The predicted molar refractivity (Wildman–Crippen MR) is 138 cm³/mol. The Hall–Kier alpha value is -4.04. The monoisotopic (exact) mass is 485 g/mol. The van der Waals surface area contributed by atoms with E-state index in [0.29, 0.717) is 19.7 Å². The van der Waals surface area contributed by atoms with E-state index in [1.165, 1.54) is 0 Å². The van der Waals surface area contributed by atoms with E-state index in [2.05, 4.69) is 16.0 Å². The van der Waals surface area contributed by atoms with Gasteiger partial charge in [0, 0.05) is 32.0 Å². The van der Waals surface area contributed by atoms with E-state index >= 15 is 0 Å². The van der Waals surface area contributed by atoms with Crippen LogP contribution in [-0.2, 0) is 11.3 Å². The lowest BCUT2D eigenvalue weighted by Crippen LogP contribution is -2.42. The number of para-hydroxylation sites is 1. The van der Waals surface area contributed by atoms with Gasteiger partial charge in [-0.3, -0.25) is 0 Å². The topological polar surface area (TPSA) is 73.5 Å². The molecule has 0 fully saturated rings. The maximum atomic E-state index is 13.7. The summed E-state index contributed by atoms with van der Waals surface area (Å²) in [5, 5.41) is 7.98. The fourth-order valence-electron chi connectivity index (χ4n) is 4.80. The van der Waals surface area contributed by atoms with Gasteiger partial charge in [0.2, 0.25) is 0 Å². The summed E-state index contributed by atoms with van der Waals surface area (Å²) in [7, 11) is 3.32. The van der Waals surface area contributed by atoms with E-state index in [9.17, 15) is 4.79 Å². The molecule has 0 saturated heterocycles. The van der Waals surface area contributed by atoms with E-state index in [4.69, 9.17) is 14.6 Å². The summed E-state index contributed by atoms with van der Waals surface area (Å²) in [6.45, 7) is 3.55.